The summed E-state index contributed by atoms with van der Waals surface area (Å²) in [6.07, 6.45) is 0.243. The molecule has 5 heteroatoms. The highest BCUT2D eigenvalue weighted by Gasteiger charge is 2.13. The van der Waals surface area contributed by atoms with Crippen molar-refractivity contribution in [1.82, 2.24) is 5.32 Å². The summed E-state index contributed by atoms with van der Waals surface area (Å²) in [6.45, 7) is 2.10. The first-order valence-electron chi connectivity index (χ1n) is 7.60. The molecule has 0 bridgehead atoms. The van der Waals surface area contributed by atoms with Crippen LogP contribution in [-0.2, 0) is 11.2 Å². The summed E-state index contributed by atoms with van der Waals surface area (Å²) in [6, 6.07) is 13.7. The number of aryl methyl sites for hydroxylation is 2. The molecule has 0 saturated heterocycles. The van der Waals surface area contributed by atoms with Crippen molar-refractivity contribution in [1.29, 1.82) is 0 Å². The highest BCUT2D eigenvalue weighted by Crippen LogP contribution is 2.29. The molecule has 3 rings (SSSR count). The van der Waals surface area contributed by atoms with Crippen LogP contribution in [0.25, 0.3) is 10.1 Å². The van der Waals surface area contributed by atoms with Gasteiger partial charge in [-0.25, -0.2) is 0 Å². The van der Waals surface area contributed by atoms with Crippen LogP contribution in [0, 0.1) is 6.92 Å². The Morgan fingerprint density at radius 2 is 2.13 bits per heavy atom. The number of nitrogens with one attached hydrogen (secondary N) is 1. The summed E-state index contributed by atoms with van der Waals surface area (Å²) in [5, 5.41) is 14.1. The van der Waals surface area contributed by atoms with Crippen molar-refractivity contribution in [2.45, 2.75) is 25.9 Å². The standard InChI is InChI=1S/C18H19NO3S/c1-12-6-7-14(22-12)8-9-18(21)19-11-15(20)17-10-13-4-2-3-5-16(13)23-17/h2-7,10,15,20H,8-9,11H2,1H3,(H,19,21). The molecule has 2 N–H and O–H groups in total. The third-order valence-electron chi connectivity index (χ3n) is 3.66. The fourth-order valence-corrected chi connectivity index (χ4v) is 3.47. The Morgan fingerprint density at radius 3 is 2.87 bits per heavy atom. The molecular weight excluding hydrogens is 310 g/mol. The number of benzene rings is 1. The van der Waals surface area contributed by atoms with Crippen LogP contribution in [0.3, 0.4) is 0 Å². The molecule has 0 radical (unpaired) electrons. The minimum Gasteiger partial charge on any atom is -0.466 e. The minimum atomic E-state index is -0.679. The van der Waals surface area contributed by atoms with Crippen LogP contribution < -0.4 is 5.32 Å². The van der Waals surface area contributed by atoms with Gasteiger partial charge in [0.05, 0.1) is 0 Å². The maximum absolute atomic E-state index is 11.9. The largest absolute Gasteiger partial charge is 0.466 e. The maximum Gasteiger partial charge on any atom is 0.220 e. The summed E-state index contributed by atoms with van der Waals surface area (Å²) >= 11 is 1.55. The highest BCUT2D eigenvalue weighted by molar-refractivity contribution is 7.19. The van der Waals surface area contributed by atoms with E-state index < -0.39 is 6.10 Å². The van der Waals surface area contributed by atoms with Crippen LogP contribution in [0.2, 0.25) is 0 Å². The van der Waals surface area contributed by atoms with E-state index in [0.717, 1.165) is 26.5 Å². The zero-order chi connectivity index (χ0) is 16.2. The van der Waals surface area contributed by atoms with Crippen LogP contribution in [0.15, 0.2) is 46.9 Å². The molecule has 1 amide bonds. The number of carbonyl (C=O) groups is 1. The van der Waals surface area contributed by atoms with Gasteiger partial charge < -0.3 is 14.8 Å². The second-order valence-corrected chi connectivity index (χ2v) is 6.63. The van der Waals surface area contributed by atoms with Crippen molar-refractivity contribution in [3.05, 3.63) is 58.9 Å². The van der Waals surface area contributed by atoms with Crippen molar-refractivity contribution in [3.8, 4) is 0 Å². The van der Waals surface area contributed by atoms with Crippen molar-refractivity contribution in [2.24, 2.45) is 0 Å². The molecule has 0 fully saturated rings. The molecule has 4 nitrogen and oxygen atoms in total. The Balaban J connectivity index is 1.49. The van der Waals surface area contributed by atoms with Crippen LogP contribution in [0.5, 0.6) is 0 Å². The lowest BCUT2D eigenvalue weighted by molar-refractivity contribution is -0.121. The SMILES string of the molecule is Cc1ccc(CCC(=O)NCC(O)c2cc3ccccc3s2)o1. The second-order valence-electron chi connectivity index (χ2n) is 5.52. The van der Waals surface area contributed by atoms with Gasteiger partial charge in [-0.2, -0.15) is 0 Å². The predicted octanol–water partition coefficient (Wildman–Crippen LogP) is 3.59. The third-order valence-corrected chi connectivity index (χ3v) is 4.88. The number of fused-ring (bicyclic) bond motifs is 1. The molecule has 2 aromatic heterocycles. The number of furan rings is 1. The molecule has 23 heavy (non-hydrogen) atoms. The van der Waals surface area contributed by atoms with Crippen molar-refractivity contribution < 1.29 is 14.3 Å². The van der Waals surface area contributed by atoms with Gasteiger partial charge in [0.1, 0.15) is 17.6 Å². The molecule has 0 aliphatic rings. The van der Waals surface area contributed by atoms with E-state index in [9.17, 15) is 9.90 Å². The zero-order valence-corrected chi connectivity index (χ0v) is 13.7. The van der Waals surface area contributed by atoms with E-state index in [4.69, 9.17) is 4.42 Å². The van der Waals surface area contributed by atoms with E-state index in [-0.39, 0.29) is 12.5 Å². The first-order chi connectivity index (χ1) is 11.1. The summed E-state index contributed by atoms with van der Waals surface area (Å²) in [7, 11) is 0. The molecular formula is C18H19NO3S. The average Bonchev–Trinajstić information content (AvgIpc) is 3.16. The number of aliphatic hydroxyl groups excluding tert-OH is 1. The summed E-state index contributed by atoms with van der Waals surface area (Å²) in [5.41, 5.74) is 0. The molecule has 2 heterocycles. The Morgan fingerprint density at radius 1 is 1.30 bits per heavy atom. The Hall–Kier alpha value is -2.11. The fraction of sp³-hybridized carbons (Fsp3) is 0.278. The molecule has 1 unspecified atom stereocenters. The molecule has 3 aromatic rings. The lowest BCUT2D eigenvalue weighted by Gasteiger charge is -2.09. The van der Waals surface area contributed by atoms with Gasteiger partial charge in [-0.3, -0.25) is 4.79 Å². The molecule has 0 saturated carbocycles. The average molecular weight is 329 g/mol. The summed E-state index contributed by atoms with van der Waals surface area (Å²) in [4.78, 5) is 12.7. The summed E-state index contributed by atoms with van der Waals surface area (Å²) < 4.78 is 6.57. The van der Waals surface area contributed by atoms with E-state index in [0.29, 0.717) is 12.8 Å². The smallest absolute Gasteiger partial charge is 0.220 e. The Bertz CT molecular complexity index is 772. The number of aliphatic hydroxyl groups is 1. The number of carbonyl (C=O) groups excluding carboxylic acids is 1. The van der Waals surface area contributed by atoms with Crippen LogP contribution in [-0.4, -0.2) is 17.6 Å². The van der Waals surface area contributed by atoms with Gasteiger partial charge in [0.25, 0.3) is 0 Å². The maximum atomic E-state index is 11.9. The number of rotatable bonds is 6. The van der Waals surface area contributed by atoms with Crippen molar-refractivity contribution in [3.63, 3.8) is 0 Å². The molecule has 1 atom stereocenters. The summed E-state index contributed by atoms with van der Waals surface area (Å²) in [5.74, 6) is 1.57. The normalized spacial score (nSPS) is 12.4. The van der Waals surface area contributed by atoms with Gasteiger partial charge in [0, 0.05) is 29.0 Å². The predicted molar refractivity (Wildman–Crippen MR) is 91.6 cm³/mol. The number of hydrogen-bond donors (Lipinski definition) is 2. The Kier molecular flexibility index (Phi) is 4.79. The van der Waals surface area contributed by atoms with Gasteiger partial charge in [0.2, 0.25) is 5.91 Å². The molecule has 0 spiro atoms. The molecule has 1 aromatic carbocycles. The van der Waals surface area contributed by atoms with Crippen molar-refractivity contribution in [2.75, 3.05) is 6.54 Å². The highest BCUT2D eigenvalue weighted by atomic mass is 32.1. The van der Waals surface area contributed by atoms with Crippen LogP contribution in [0.4, 0.5) is 0 Å². The lowest BCUT2D eigenvalue weighted by atomic mass is 10.2. The molecule has 0 aliphatic heterocycles. The molecule has 0 aliphatic carbocycles. The number of hydrogen-bond acceptors (Lipinski definition) is 4. The van der Waals surface area contributed by atoms with E-state index in [1.165, 1.54) is 0 Å². The zero-order valence-electron chi connectivity index (χ0n) is 12.9. The number of thiophene rings is 1. The van der Waals surface area contributed by atoms with E-state index in [1.807, 2.05) is 49.4 Å². The second kappa shape index (κ2) is 6.98. The molecule has 120 valence electrons. The quantitative estimate of drug-likeness (QED) is 0.726. The van der Waals surface area contributed by atoms with Crippen molar-refractivity contribution >= 4 is 27.3 Å². The van der Waals surface area contributed by atoms with Crippen LogP contribution >= 0.6 is 11.3 Å². The number of amides is 1. The van der Waals surface area contributed by atoms with Gasteiger partial charge in [-0.15, -0.1) is 11.3 Å². The van der Waals surface area contributed by atoms with Gasteiger partial charge in [-0.05, 0) is 36.6 Å². The third kappa shape index (κ3) is 4.00. The fourth-order valence-electron chi connectivity index (χ4n) is 2.42. The Labute approximate surface area is 138 Å². The first-order valence-corrected chi connectivity index (χ1v) is 8.42. The van der Waals surface area contributed by atoms with Gasteiger partial charge in [0.15, 0.2) is 0 Å². The minimum absolute atomic E-state index is 0.0841. The van der Waals surface area contributed by atoms with Gasteiger partial charge in [-0.1, -0.05) is 18.2 Å². The first kappa shape index (κ1) is 15.8. The lowest BCUT2D eigenvalue weighted by Crippen LogP contribution is -2.28. The van der Waals surface area contributed by atoms with E-state index in [1.54, 1.807) is 11.3 Å². The van der Waals surface area contributed by atoms with E-state index in [2.05, 4.69) is 5.32 Å². The monoisotopic (exact) mass is 329 g/mol. The van der Waals surface area contributed by atoms with E-state index >= 15 is 0 Å². The topological polar surface area (TPSA) is 62.5 Å². The van der Waals surface area contributed by atoms with Gasteiger partial charge >= 0.3 is 0 Å². The van der Waals surface area contributed by atoms with Crippen LogP contribution in [0.1, 0.15) is 28.9 Å².